The number of guanidine groups is 1. The van der Waals surface area contributed by atoms with Gasteiger partial charge in [-0.25, -0.2) is 4.99 Å². The zero-order valence-electron chi connectivity index (χ0n) is 15.0. The summed E-state index contributed by atoms with van der Waals surface area (Å²) in [5, 5.41) is 23.3. The third-order valence-corrected chi connectivity index (χ3v) is 4.74. The molecule has 0 spiro atoms. The van der Waals surface area contributed by atoms with Crippen LogP contribution in [0.25, 0.3) is 0 Å². The monoisotopic (exact) mass is 477 g/mol. The molecule has 0 saturated carbocycles. The zero-order valence-corrected chi connectivity index (χ0v) is 18.1. The maximum Gasteiger partial charge on any atom is 0.191 e. The Labute approximate surface area is 170 Å². The first kappa shape index (κ1) is 21.9. The van der Waals surface area contributed by atoms with Crippen molar-refractivity contribution in [1.82, 2.24) is 20.4 Å². The lowest BCUT2D eigenvalue weighted by Crippen LogP contribution is -2.41. The zero-order chi connectivity index (χ0) is 17.4. The third-order valence-electron chi connectivity index (χ3n) is 3.62. The Morgan fingerprint density at radius 1 is 1.44 bits per heavy atom. The van der Waals surface area contributed by atoms with Crippen LogP contribution in [-0.2, 0) is 12.1 Å². The molecule has 2 atom stereocenters. The standard InChI is InChI=1S/C17H27N5OS.HI/c1-4-18-16(19-11-14(2)12-22-9-6-8-21-22)20-13-17(3,23)15-7-5-10-24-15;/h5-10,14,23H,4,11-13H2,1-3H3,(H2,18,19,20);1H. The molecule has 2 heterocycles. The second-order valence-corrected chi connectivity index (χ2v) is 7.11. The van der Waals surface area contributed by atoms with Crippen LogP contribution >= 0.6 is 35.3 Å². The molecule has 2 aromatic rings. The highest BCUT2D eigenvalue weighted by Gasteiger charge is 2.24. The van der Waals surface area contributed by atoms with E-state index in [1.807, 2.05) is 41.4 Å². The number of aromatic nitrogens is 2. The molecule has 8 heteroatoms. The molecule has 2 rings (SSSR count). The van der Waals surface area contributed by atoms with Crippen molar-refractivity contribution in [3.63, 3.8) is 0 Å². The molecular weight excluding hydrogens is 449 g/mol. The average molecular weight is 477 g/mol. The van der Waals surface area contributed by atoms with Gasteiger partial charge in [-0.05, 0) is 37.3 Å². The summed E-state index contributed by atoms with van der Waals surface area (Å²) in [5.74, 6) is 1.13. The van der Waals surface area contributed by atoms with E-state index in [0.717, 1.165) is 30.5 Å². The van der Waals surface area contributed by atoms with Crippen molar-refractivity contribution in [1.29, 1.82) is 0 Å². The van der Waals surface area contributed by atoms with Gasteiger partial charge in [0.1, 0.15) is 5.60 Å². The Kier molecular flexibility index (Phi) is 9.44. The van der Waals surface area contributed by atoms with Gasteiger partial charge in [-0.2, -0.15) is 5.10 Å². The lowest BCUT2D eigenvalue weighted by Gasteiger charge is -2.21. The van der Waals surface area contributed by atoms with Crippen LogP contribution in [-0.4, -0.2) is 40.5 Å². The van der Waals surface area contributed by atoms with Crippen LogP contribution in [0.3, 0.4) is 0 Å². The number of nitrogens with zero attached hydrogens (tertiary/aromatic N) is 3. The Morgan fingerprint density at radius 3 is 2.84 bits per heavy atom. The van der Waals surface area contributed by atoms with E-state index in [1.54, 1.807) is 24.5 Å². The van der Waals surface area contributed by atoms with E-state index in [-0.39, 0.29) is 24.0 Å². The molecule has 0 aliphatic carbocycles. The summed E-state index contributed by atoms with van der Waals surface area (Å²) in [5.41, 5.74) is -0.947. The largest absolute Gasteiger partial charge is 0.383 e. The summed E-state index contributed by atoms with van der Waals surface area (Å²) in [4.78, 5) is 5.46. The van der Waals surface area contributed by atoms with Crippen molar-refractivity contribution in [2.24, 2.45) is 10.9 Å². The highest BCUT2D eigenvalue weighted by molar-refractivity contribution is 14.0. The van der Waals surface area contributed by atoms with Crippen LogP contribution < -0.4 is 10.6 Å². The van der Waals surface area contributed by atoms with Gasteiger partial charge < -0.3 is 15.7 Å². The number of halogens is 1. The molecular formula is C17H28IN5OS. The predicted molar refractivity (Wildman–Crippen MR) is 115 cm³/mol. The number of nitrogens with one attached hydrogen (secondary N) is 2. The van der Waals surface area contributed by atoms with Crippen LogP contribution in [0.1, 0.15) is 25.6 Å². The van der Waals surface area contributed by atoms with Crippen LogP contribution in [0.4, 0.5) is 0 Å². The minimum absolute atomic E-state index is 0. The summed E-state index contributed by atoms with van der Waals surface area (Å²) in [7, 11) is 0. The van der Waals surface area contributed by atoms with Crippen LogP contribution in [0.2, 0.25) is 0 Å². The Balaban J connectivity index is 0.00000312. The highest BCUT2D eigenvalue weighted by Crippen LogP contribution is 2.25. The molecule has 0 aromatic carbocycles. The molecule has 0 bridgehead atoms. The van der Waals surface area contributed by atoms with E-state index in [1.165, 1.54) is 0 Å². The molecule has 2 unspecified atom stereocenters. The second kappa shape index (κ2) is 10.8. The van der Waals surface area contributed by atoms with E-state index < -0.39 is 5.60 Å². The van der Waals surface area contributed by atoms with Gasteiger partial charge in [0.25, 0.3) is 0 Å². The Bertz CT molecular complexity index is 613. The number of aliphatic imine (C=N–C) groups is 1. The van der Waals surface area contributed by atoms with Crippen LogP contribution in [0, 0.1) is 5.92 Å². The lowest BCUT2D eigenvalue weighted by molar-refractivity contribution is 0.0711. The highest BCUT2D eigenvalue weighted by atomic mass is 127. The molecule has 0 amide bonds. The van der Waals surface area contributed by atoms with E-state index in [4.69, 9.17) is 0 Å². The fourth-order valence-electron chi connectivity index (χ4n) is 2.30. The molecule has 0 radical (unpaired) electrons. The first-order valence-electron chi connectivity index (χ1n) is 8.27. The quantitative estimate of drug-likeness (QED) is 0.311. The molecule has 0 saturated heterocycles. The van der Waals surface area contributed by atoms with Crippen molar-refractivity contribution in [2.45, 2.75) is 32.9 Å². The third kappa shape index (κ3) is 7.33. The van der Waals surface area contributed by atoms with Gasteiger partial charge in [0.2, 0.25) is 0 Å². The van der Waals surface area contributed by atoms with E-state index in [9.17, 15) is 5.11 Å². The van der Waals surface area contributed by atoms with Crippen molar-refractivity contribution in [2.75, 3.05) is 19.6 Å². The minimum atomic E-state index is -0.947. The molecule has 3 N–H and O–H groups in total. The average Bonchev–Trinajstić information content (AvgIpc) is 3.23. The van der Waals surface area contributed by atoms with Gasteiger partial charge in [-0.1, -0.05) is 13.0 Å². The predicted octanol–water partition coefficient (Wildman–Crippen LogP) is 2.66. The Hall–Kier alpha value is -1.13. The maximum absolute atomic E-state index is 10.6. The van der Waals surface area contributed by atoms with E-state index in [2.05, 4.69) is 27.6 Å². The number of hydrogen-bond acceptors (Lipinski definition) is 4. The maximum atomic E-state index is 10.6. The fraction of sp³-hybridized carbons (Fsp3) is 0.529. The van der Waals surface area contributed by atoms with Crippen molar-refractivity contribution in [3.05, 3.63) is 40.8 Å². The van der Waals surface area contributed by atoms with Crippen LogP contribution in [0.15, 0.2) is 41.0 Å². The van der Waals surface area contributed by atoms with Crippen molar-refractivity contribution < 1.29 is 5.11 Å². The van der Waals surface area contributed by atoms with Gasteiger partial charge in [0.05, 0.1) is 6.54 Å². The summed E-state index contributed by atoms with van der Waals surface area (Å²) in [6, 6.07) is 5.81. The summed E-state index contributed by atoms with van der Waals surface area (Å²) in [6.45, 7) is 8.73. The van der Waals surface area contributed by atoms with Gasteiger partial charge in [-0.15, -0.1) is 35.3 Å². The first-order chi connectivity index (χ1) is 11.5. The first-order valence-corrected chi connectivity index (χ1v) is 9.15. The Morgan fingerprint density at radius 2 is 2.24 bits per heavy atom. The number of rotatable bonds is 8. The molecule has 25 heavy (non-hydrogen) atoms. The number of thiophene rings is 1. The van der Waals surface area contributed by atoms with Gasteiger partial charge in [0, 0.05) is 36.9 Å². The number of aliphatic hydroxyl groups is 1. The molecule has 6 nitrogen and oxygen atoms in total. The number of hydrogen-bond donors (Lipinski definition) is 3. The lowest BCUT2D eigenvalue weighted by atomic mass is 10.1. The summed E-state index contributed by atoms with van der Waals surface area (Å²) in [6.07, 6.45) is 3.76. The van der Waals surface area contributed by atoms with Crippen molar-refractivity contribution >= 4 is 41.3 Å². The van der Waals surface area contributed by atoms with Crippen LogP contribution in [0.5, 0.6) is 0 Å². The van der Waals surface area contributed by atoms with Gasteiger partial charge in [-0.3, -0.25) is 4.68 Å². The molecule has 140 valence electrons. The molecule has 0 aliphatic heterocycles. The molecule has 2 aromatic heterocycles. The molecule has 0 fully saturated rings. The van der Waals surface area contributed by atoms with Crippen molar-refractivity contribution in [3.8, 4) is 0 Å². The molecule has 0 aliphatic rings. The van der Waals surface area contributed by atoms with E-state index >= 15 is 0 Å². The smallest absolute Gasteiger partial charge is 0.191 e. The second-order valence-electron chi connectivity index (χ2n) is 6.16. The van der Waals surface area contributed by atoms with Gasteiger partial charge >= 0.3 is 0 Å². The summed E-state index contributed by atoms with van der Waals surface area (Å²) < 4.78 is 1.93. The topological polar surface area (TPSA) is 74.5 Å². The minimum Gasteiger partial charge on any atom is -0.383 e. The SMILES string of the molecule is CCNC(=NCC(C)(O)c1cccs1)NCC(C)Cn1cccn1.I. The van der Waals surface area contributed by atoms with Gasteiger partial charge in [0.15, 0.2) is 5.96 Å². The van der Waals surface area contributed by atoms with E-state index in [0.29, 0.717) is 12.5 Å². The fourth-order valence-corrected chi connectivity index (χ4v) is 3.08. The summed E-state index contributed by atoms with van der Waals surface area (Å²) >= 11 is 1.55. The normalized spacial score (nSPS) is 15.1.